The summed E-state index contributed by atoms with van der Waals surface area (Å²) >= 11 is 0. The van der Waals surface area contributed by atoms with E-state index in [4.69, 9.17) is 5.26 Å². The molecule has 0 atom stereocenters. The van der Waals surface area contributed by atoms with E-state index in [-0.39, 0.29) is 6.61 Å². The van der Waals surface area contributed by atoms with Crippen molar-refractivity contribution in [1.29, 1.82) is 5.26 Å². The molecule has 0 unspecified atom stereocenters. The molecule has 0 saturated carbocycles. The Labute approximate surface area is 129 Å². The summed E-state index contributed by atoms with van der Waals surface area (Å²) in [6.07, 6.45) is 0.960. The predicted molar refractivity (Wildman–Crippen MR) is 85.3 cm³/mol. The lowest BCUT2D eigenvalue weighted by Crippen LogP contribution is -2.05. The van der Waals surface area contributed by atoms with Crippen molar-refractivity contribution in [3.8, 4) is 6.07 Å². The van der Waals surface area contributed by atoms with Gasteiger partial charge in [-0.3, -0.25) is 0 Å². The summed E-state index contributed by atoms with van der Waals surface area (Å²) < 4.78 is 2.01. The molecule has 3 aromatic rings. The van der Waals surface area contributed by atoms with Crippen LogP contribution in [-0.4, -0.2) is 14.7 Å². The summed E-state index contributed by atoms with van der Waals surface area (Å²) in [6, 6.07) is 15.9. The van der Waals surface area contributed by atoms with E-state index in [9.17, 15) is 5.11 Å². The lowest BCUT2D eigenvalue weighted by atomic mass is 10.1. The van der Waals surface area contributed by atoms with Gasteiger partial charge in [0, 0.05) is 6.54 Å². The number of imidazole rings is 1. The first-order valence-corrected chi connectivity index (χ1v) is 7.33. The van der Waals surface area contributed by atoms with E-state index in [0.29, 0.717) is 17.9 Å². The second-order valence-corrected chi connectivity index (χ2v) is 5.26. The summed E-state index contributed by atoms with van der Waals surface area (Å²) in [5, 5.41) is 18.6. The summed E-state index contributed by atoms with van der Waals surface area (Å²) in [5.41, 5.74) is 4.80. The summed E-state index contributed by atoms with van der Waals surface area (Å²) in [5.74, 6) is 0.644. The quantitative estimate of drug-likeness (QED) is 0.803. The molecule has 0 amide bonds. The number of aryl methyl sites for hydroxylation is 1. The third-order valence-electron chi connectivity index (χ3n) is 3.84. The highest BCUT2D eigenvalue weighted by atomic mass is 16.3. The van der Waals surface area contributed by atoms with Gasteiger partial charge in [0.1, 0.15) is 12.4 Å². The number of hydrogen-bond donors (Lipinski definition) is 1. The van der Waals surface area contributed by atoms with Crippen molar-refractivity contribution in [2.75, 3.05) is 0 Å². The molecule has 0 aliphatic rings. The van der Waals surface area contributed by atoms with Crippen LogP contribution >= 0.6 is 0 Å². The van der Waals surface area contributed by atoms with Gasteiger partial charge in [-0.25, -0.2) is 4.98 Å². The van der Waals surface area contributed by atoms with E-state index < -0.39 is 0 Å². The van der Waals surface area contributed by atoms with Crippen LogP contribution in [0.1, 0.15) is 29.4 Å². The van der Waals surface area contributed by atoms with Crippen LogP contribution in [0.15, 0.2) is 42.5 Å². The zero-order valence-electron chi connectivity index (χ0n) is 12.5. The van der Waals surface area contributed by atoms with Crippen molar-refractivity contribution in [3.63, 3.8) is 0 Å². The Bertz CT molecular complexity index is 858. The van der Waals surface area contributed by atoms with Crippen molar-refractivity contribution in [1.82, 2.24) is 9.55 Å². The molecular weight excluding hydrogens is 274 g/mol. The minimum Gasteiger partial charge on any atom is -0.388 e. The molecule has 4 nitrogen and oxygen atoms in total. The third-order valence-corrected chi connectivity index (χ3v) is 3.84. The Hall–Kier alpha value is -2.64. The number of hydrogen-bond acceptors (Lipinski definition) is 3. The Morgan fingerprint density at radius 3 is 2.77 bits per heavy atom. The highest BCUT2D eigenvalue weighted by Crippen LogP contribution is 2.20. The van der Waals surface area contributed by atoms with Crippen molar-refractivity contribution < 1.29 is 5.11 Å². The van der Waals surface area contributed by atoms with E-state index in [0.717, 1.165) is 23.0 Å². The van der Waals surface area contributed by atoms with E-state index in [1.807, 2.05) is 22.8 Å². The minimum atomic E-state index is -0.103. The number of rotatable bonds is 4. The summed E-state index contributed by atoms with van der Waals surface area (Å²) in [7, 11) is 0. The van der Waals surface area contributed by atoms with Gasteiger partial charge in [0.15, 0.2) is 0 Å². The topological polar surface area (TPSA) is 61.8 Å². The molecule has 1 heterocycles. The van der Waals surface area contributed by atoms with Crippen molar-refractivity contribution in [2.45, 2.75) is 26.5 Å². The zero-order valence-corrected chi connectivity index (χ0v) is 12.5. The fourth-order valence-corrected chi connectivity index (χ4v) is 2.66. The van der Waals surface area contributed by atoms with Crippen LogP contribution in [0.4, 0.5) is 0 Å². The minimum absolute atomic E-state index is 0.103. The van der Waals surface area contributed by atoms with Crippen LogP contribution in [0, 0.1) is 11.3 Å². The smallest absolute Gasteiger partial charge is 0.136 e. The highest BCUT2D eigenvalue weighted by molar-refractivity contribution is 5.77. The molecule has 0 aliphatic heterocycles. The number of nitriles is 1. The molecule has 1 N–H and O–H groups in total. The van der Waals surface area contributed by atoms with E-state index >= 15 is 0 Å². The fraction of sp³-hybridized carbons (Fsp3) is 0.222. The van der Waals surface area contributed by atoms with Gasteiger partial charge in [0.05, 0.1) is 22.7 Å². The van der Waals surface area contributed by atoms with Gasteiger partial charge in [0.25, 0.3) is 0 Å². The molecule has 0 radical (unpaired) electrons. The SMILES string of the molecule is CCc1ccc2c(c1)nc(CO)n2Cc1cccc(C#N)c1. The Morgan fingerprint density at radius 1 is 1.18 bits per heavy atom. The Kier molecular flexibility index (Phi) is 3.90. The maximum absolute atomic E-state index is 9.59. The van der Waals surface area contributed by atoms with Gasteiger partial charge in [-0.05, 0) is 41.8 Å². The average Bonchev–Trinajstić information content (AvgIpc) is 2.91. The van der Waals surface area contributed by atoms with Gasteiger partial charge in [-0.2, -0.15) is 5.26 Å². The number of aliphatic hydroxyl groups excluding tert-OH is 1. The molecular formula is C18H17N3O. The first-order valence-electron chi connectivity index (χ1n) is 7.33. The summed E-state index contributed by atoms with van der Waals surface area (Å²) in [6.45, 7) is 2.60. The van der Waals surface area contributed by atoms with Crippen LogP contribution in [0.2, 0.25) is 0 Å². The van der Waals surface area contributed by atoms with Crippen LogP contribution in [0.5, 0.6) is 0 Å². The van der Waals surface area contributed by atoms with Gasteiger partial charge in [-0.1, -0.05) is 25.1 Å². The van der Waals surface area contributed by atoms with Gasteiger partial charge >= 0.3 is 0 Å². The van der Waals surface area contributed by atoms with E-state index in [2.05, 4.69) is 36.2 Å². The Balaban J connectivity index is 2.07. The molecule has 0 spiro atoms. The summed E-state index contributed by atoms with van der Waals surface area (Å²) in [4.78, 5) is 4.53. The fourth-order valence-electron chi connectivity index (χ4n) is 2.66. The normalized spacial score (nSPS) is 10.8. The first-order chi connectivity index (χ1) is 10.7. The Morgan fingerprint density at radius 2 is 2.05 bits per heavy atom. The van der Waals surface area contributed by atoms with Gasteiger partial charge in [-0.15, -0.1) is 0 Å². The van der Waals surface area contributed by atoms with Crippen molar-refractivity contribution in [3.05, 3.63) is 65.0 Å². The molecule has 0 aliphatic carbocycles. The maximum atomic E-state index is 9.59. The molecule has 110 valence electrons. The molecule has 1 aromatic heterocycles. The highest BCUT2D eigenvalue weighted by Gasteiger charge is 2.11. The third kappa shape index (κ3) is 2.59. The largest absolute Gasteiger partial charge is 0.388 e. The first kappa shape index (κ1) is 14.3. The second kappa shape index (κ2) is 6.00. The lowest BCUT2D eigenvalue weighted by molar-refractivity contribution is 0.267. The number of fused-ring (bicyclic) bond motifs is 1. The standard InChI is InChI=1S/C18H17N3O/c1-2-13-6-7-17-16(9-13)20-18(12-22)21(17)11-15-5-3-4-14(8-15)10-19/h3-9,22H,2,11-12H2,1H3. The lowest BCUT2D eigenvalue weighted by Gasteiger charge is -2.08. The molecule has 3 rings (SSSR count). The second-order valence-electron chi connectivity index (χ2n) is 5.26. The van der Waals surface area contributed by atoms with Crippen LogP contribution in [0.3, 0.4) is 0 Å². The monoisotopic (exact) mass is 291 g/mol. The van der Waals surface area contributed by atoms with E-state index in [1.54, 1.807) is 6.07 Å². The molecule has 22 heavy (non-hydrogen) atoms. The molecule has 0 bridgehead atoms. The zero-order chi connectivity index (χ0) is 15.5. The van der Waals surface area contributed by atoms with Crippen LogP contribution < -0.4 is 0 Å². The van der Waals surface area contributed by atoms with Gasteiger partial charge in [0.2, 0.25) is 0 Å². The molecule has 0 saturated heterocycles. The number of aromatic nitrogens is 2. The number of benzene rings is 2. The van der Waals surface area contributed by atoms with Crippen LogP contribution in [0.25, 0.3) is 11.0 Å². The molecule has 0 fully saturated rings. The molecule has 2 aromatic carbocycles. The van der Waals surface area contributed by atoms with Crippen molar-refractivity contribution >= 4 is 11.0 Å². The van der Waals surface area contributed by atoms with E-state index in [1.165, 1.54) is 5.56 Å². The maximum Gasteiger partial charge on any atom is 0.136 e. The number of aliphatic hydroxyl groups is 1. The van der Waals surface area contributed by atoms with Crippen molar-refractivity contribution in [2.24, 2.45) is 0 Å². The number of nitrogens with zero attached hydrogens (tertiary/aromatic N) is 3. The molecule has 4 heteroatoms. The predicted octanol–water partition coefficient (Wildman–Crippen LogP) is 3.01. The van der Waals surface area contributed by atoms with Gasteiger partial charge < -0.3 is 9.67 Å². The average molecular weight is 291 g/mol. The van der Waals surface area contributed by atoms with Crippen LogP contribution in [-0.2, 0) is 19.6 Å².